The lowest BCUT2D eigenvalue weighted by atomic mass is 9.90. The second-order valence-corrected chi connectivity index (χ2v) is 5.05. The molecule has 0 bridgehead atoms. The molecule has 0 radical (unpaired) electrons. The van der Waals surface area contributed by atoms with Crippen molar-refractivity contribution in [1.82, 2.24) is 0 Å². The number of aryl methyl sites for hydroxylation is 1. The van der Waals surface area contributed by atoms with E-state index in [9.17, 15) is 0 Å². The molecule has 0 aromatic heterocycles. The van der Waals surface area contributed by atoms with Crippen LogP contribution < -0.4 is 5.73 Å². The highest BCUT2D eigenvalue weighted by Crippen LogP contribution is 2.20. The molecule has 94 valence electrons. The van der Waals surface area contributed by atoms with Crippen LogP contribution in [0.5, 0.6) is 0 Å². The van der Waals surface area contributed by atoms with Crippen LogP contribution in [0.25, 0.3) is 0 Å². The van der Waals surface area contributed by atoms with Crippen molar-refractivity contribution < 1.29 is 0 Å². The fourth-order valence-corrected chi connectivity index (χ4v) is 2.18. The van der Waals surface area contributed by atoms with Crippen LogP contribution in [0, 0.1) is 6.92 Å². The first-order valence-electron chi connectivity index (χ1n) is 6.53. The third-order valence-electron chi connectivity index (χ3n) is 3.56. The predicted octanol–water partition coefficient (Wildman–Crippen LogP) is 3.67. The molecule has 0 aliphatic heterocycles. The van der Waals surface area contributed by atoms with E-state index in [1.165, 1.54) is 16.7 Å². The van der Waals surface area contributed by atoms with Crippen molar-refractivity contribution in [3.63, 3.8) is 0 Å². The minimum Gasteiger partial charge on any atom is -0.327 e. The van der Waals surface area contributed by atoms with E-state index in [0.29, 0.717) is 5.92 Å². The molecule has 0 amide bonds. The van der Waals surface area contributed by atoms with Gasteiger partial charge in [-0.2, -0.15) is 0 Å². The van der Waals surface area contributed by atoms with Crippen molar-refractivity contribution in [1.29, 1.82) is 0 Å². The zero-order valence-electron chi connectivity index (χ0n) is 11.1. The zero-order valence-corrected chi connectivity index (χ0v) is 11.1. The Morgan fingerprint density at radius 2 is 1.56 bits per heavy atom. The molecule has 0 saturated heterocycles. The van der Waals surface area contributed by atoms with Gasteiger partial charge in [-0.25, -0.2) is 0 Å². The van der Waals surface area contributed by atoms with Gasteiger partial charge in [0, 0.05) is 6.04 Å². The Bertz CT molecular complexity index is 473. The molecule has 2 aromatic rings. The summed E-state index contributed by atoms with van der Waals surface area (Å²) in [6, 6.07) is 19.3. The minimum atomic E-state index is 0.162. The molecule has 0 heterocycles. The summed E-state index contributed by atoms with van der Waals surface area (Å²) in [6.45, 7) is 4.31. The minimum absolute atomic E-state index is 0.162. The van der Waals surface area contributed by atoms with Gasteiger partial charge in [0.15, 0.2) is 0 Å². The Hall–Kier alpha value is -1.60. The van der Waals surface area contributed by atoms with E-state index in [1.54, 1.807) is 0 Å². The third-order valence-corrected chi connectivity index (χ3v) is 3.56. The Morgan fingerprint density at radius 1 is 0.944 bits per heavy atom. The molecular formula is C17H21N. The highest BCUT2D eigenvalue weighted by atomic mass is 14.6. The summed E-state index contributed by atoms with van der Waals surface area (Å²) in [4.78, 5) is 0. The molecule has 2 N–H and O–H groups in total. The fourth-order valence-electron chi connectivity index (χ4n) is 2.18. The van der Waals surface area contributed by atoms with Gasteiger partial charge in [0.05, 0.1) is 0 Å². The Balaban J connectivity index is 2.03. The lowest BCUT2D eigenvalue weighted by Gasteiger charge is -2.20. The van der Waals surface area contributed by atoms with E-state index in [0.717, 1.165) is 6.42 Å². The second kappa shape index (κ2) is 5.83. The van der Waals surface area contributed by atoms with Crippen LogP contribution in [0.2, 0.25) is 0 Å². The normalized spacial score (nSPS) is 14.2. The fraction of sp³-hybridized carbons (Fsp3) is 0.294. The average Bonchev–Trinajstić information content (AvgIpc) is 2.41. The predicted molar refractivity (Wildman–Crippen MR) is 77.7 cm³/mol. The summed E-state index contributed by atoms with van der Waals surface area (Å²) < 4.78 is 0. The van der Waals surface area contributed by atoms with Crippen LogP contribution in [0.1, 0.15) is 29.5 Å². The zero-order chi connectivity index (χ0) is 13.0. The molecule has 1 nitrogen and oxygen atoms in total. The third kappa shape index (κ3) is 3.21. The van der Waals surface area contributed by atoms with Crippen LogP contribution in [0.4, 0.5) is 0 Å². The van der Waals surface area contributed by atoms with Gasteiger partial charge in [-0.1, -0.05) is 67.1 Å². The van der Waals surface area contributed by atoms with Gasteiger partial charge in [0.2, 0.25) is 0 Å². The van der Waals surface area contributed by atoms with Gasteiger partial charge in [-0.3, -0.25) is 0 Å². The van der Waals surface area contributed by atoms with Crippen LogP contribution >= 0.6 is 0 Å². The molecule has 18 heavy (non-hydrogen) atoms. The lowest BCUT2D eigenvalue weighted by Crippen LogP contribution is -2.29. The van der Waals surface area contributed by atoms with Crippen molar-refractivity contribution in [2.24, 2.45) is 5.73 Å². The van der Waals surface area contributed by atoms with Gasteiger partial charge < -0.3 is 5.73 Å². The summed E-state index contributed by atoms with van der Waals surface area (Å²) in [5.41, 5.74) is 10.2. The Kier molecular flexibility index (Phi) is 4.16. The van der Waals surface area contributed by atoms with E-state index in [1.807, 2.05) is 6.07 Å². The summed E-state index contributed by atoms with van der Waals surface area (Å²) >= 11 is 0. The molecule has 2 unspecified atom stereocenters. The topological polar surface area (TPSA) is 26.0 Å². The van der Waals surface area contributed by atoms with Crippen molar-refractivity contribution >= 4 is 0 Å². The highest BCUT2D eigenvalue weighted by molar-refractivity contribution is 5.25. The SMILES string of the molecule is Cc1ccc(CC(N)C(C)c2ccccc2)cc1. The molecule has 2 aromatic carbocycles. The molecule has 0 saturated carbocycles. The van der Waals surface area contributed by atoms with Crippen LogP contribution in [-0.2, 0) is 6.42 Å². The van der Waals surface area contributed by atoms with Crippen molar-refractivity contribution in [3.05, 3.63) is 71.3 Å². The number of hydrogen-bond acceptors (Lipinski definition) is 1. The highest BCUT2D eigenvalue weighted by Gasteiger charge is 2.14. The lowest BCUT2D eigenvalue weighted by molar-refractivity contribution is 0.564. The molecule has 0 aliphatic carbocycles. The van der Waals surface area contributed by atoms with E-state index in [-0.39, 0.29) is 6.04 Å². The first kappa shape index (κ1) is 12.8. The van der Waals surface area contributed by atoms with E-state index in [4.69, 9.17) is 5.73 Å². The van der Waals surface area contributed by atoms with Crippen LogP contribution in [-0.4, -0.2) is 6.04 Å². The summed E-state index contributed by atoms with van der Waals surface area (Å²) in [7, 11) is 0. The first-order chi connectivity index (χ1) is 8.66. The molecule has 1 heteroatoms. The largest absolute Gasteiger partial charge is 0.327 e. The van der Waals surface area contributed by atoms with Gasteiger partial charge in [-0.05, 0) is 30.4 Å². The van der Waals surface area contributed by atoms with Gasteiger partial charge >= 0.3 is 0 Å². The maximum atomic E-state index is 6.32. The molecule has 0 aliphatic rings. The van der Waals surface area contributed by atoms with Crippen molar-refractivity contribution in [2.45, 2.75) is 32.2 Å². The summed E-state index contributed by atoms with van der Waals surface area (Å²) in [5, 5.41) is 0. The van der Waals surface area contributed by atoms with E-state index in [2.05, 4.69) is 62.4 Å². The maximum Gasteiger partial charge on any atom is 0.0146 e. The van der Waals surface area contributed by atoms with Gasteiger partial charge in [0.1, 0.15) is 0 Å². The van der Waals surface area contributed by atoms with Crippen LogP contribution in [0.3, 0.4) is 0 Å². The second-order valence-electron chi connectivity index (χ2n) is 5.05. The van der Waals surface area contributed by atoms with Crippen LogP contribution in [0.15, 0.2) is 54.6 Å². The van der Waals surface area contributed by atoms with Gasteiger partial charge in [0.25, 0.3) is 0 Å². The molecular weight excluding hydrogens is 218 g/mol. The van der Waals surface area contributed by atoms with Crippen molar-refractivity contribution in [2.75, 3.05) is 0 Å². The molecule has 2 rings (SSSR count). The summed E-state index contributed by atoms with van der Waals surface area (Å²) in [5.74, 6) is 0.382. The number of rotatable bonds is 4. The van der Waals surface area contributed by atoms with Gasteiger partial charge in [-0.15, -0.1) is 0 Å². The van der Waals surface area contributed by atoms with E-state index >= 15 is 0 Å². The number of benzene rings is 2. The monoisotopic (exact) mass is 239 g/mol. The first-order valence-corrected chi connectivity index (χ1v) is 6.53. The number of hydrogen-bond donors (Lipinski definition) is 1. The molecule has 0 spiro atoms. The standard InChI is InChI=1S/C17H21N/c1-13-8-10-15(11-9-13)12-17(18)14(2)16-6-4-3-5-7-16/h3-11,14,17H,12,18H2,1-2H3. The quantitative estimate of drug-likeness (QED) is 0.865. The number of nitrogens with two attached hydrogens (primary N) is 1. The van der Waals surface area contributed by atoms with E-state index < -0.39 is 0 Å². The smallest absolute Gasteiger partial charge is 0.0146 e. The molecule has 2 atom stereocenters. The Morgan fingerprint density at radius 3 is 2.17 bits per heavy atom. The maximum absolute atomic E-state index is 6.32. The Labute approximate surface area is 110 Å². The average molecular weight is 239 g/mol. The van der Waals surface area contributed by atoms with Crippen molar-refractivity contribution in [3.8, 4) is 0 Å². The summed E-state index contributed by atoms with van der Waals surface area (Å²) in [6.07, 6.45) is 0.927. The molecule has 0 fully saturated rings.